The van der Waals surface area contributed by atoms with E-state index in [1.165, 1.54) is 31.2 Å². The van der Waals surface area contributed by atoms with Gasteiger partial charge in [-0.3, -0.25) is 4.79 Å². The highest BCUT2D eigenvalue weighted by Crippen LogP contribution is 2.17. The first kappa shape index (κ1) is 19.4. The molecule has 1 atom stereocenters. The van der Waals surface area contributed by atoms with E-state index in [1.807, 2.05) is 0 Å². The van der Waals surface area contributed by atoms with Gasteiger partial charge in [0.25, 0.3) is 5.91 Å². The summed E-state index contributed by atoms with van der Waals surface area (Å²) in [6.45, 7) is 1.42. The summed E-state index contributed by atoms with van der Waals surface area (Å²) in [6, 6.07) is 8.81. The van der Waals surface area contributed by atoms with Crippen LogP contribution in [0.25, 0.3) is 17.1 Å². The molecule has 28 heavy (non-hydrogen) atoms. The summed E-state index contributed by atoms with van der Waals surface area (Å²) in [5, 5.41) is 2.53. The van der Waals surface area contributed by atoms with E-state index in [-0.39, 0.29) is 10.7 Å². The van der Waals surface area contributed by atoms with Gasteiger partial charge in [-0.15, -0.1) is 0 Å². The van der Waals surface area contributed by atoms with Gasteiger partial charge in [-0.1, -0.05) is 17.7 Å². The van der Waals surface area contributed by atoms with Gasteiger partial charge in [0.1, 0.15) is 5.82 Å². The van der Waals surface area contributed by atoms with E-state index in [4.69, 9.17) is 16.3 Å². The summed E-state index contributed by atoms with van der Waals surface area (Å²) in [7, 11) is 0. The van der Waals surface area contributed by atoms with Crippen molar-refractivity contribution in [1.29, 1.82) is 0 Å². The van der Waals surface area contributed by atoms with E-state index in [9.17, 15) is 18.8 Å². The van der Waals surface area contributed by atoms with Crippen molar-refractivity contribution in [1.82, 2.24) is 9.97 Å². The number of aromatic nitrogens is 2. The molecule has 0 aliphatic carbocycles. The Balaban J connectivity index is 1.59. The zero-order valence-electron chi connectivity index (χ0n) is 14.6. The molecule has 3 N–H and O–H groups in total. The number of carbonyl (C=O) groups excluding carboxylic acids is 2. The number of carbonyl (C=O) groups is 2. The number of nitrogens with one attached hydrogen (secondary N) is 3. The average molecular weight is 404 g/mol. The molecule has 2 aromatic carbocycles. The van der Waals surface area contributed by atoms with Crippen LogP contribution in [0.15, 0.2) is 47.3 Å². The summed E-state index contributed by atoms with van der Waals surface area (Å²) in [5.74, 6) is -1.84. The predicted molar refractivity (Wildman–Crippen MR) is 104 cm³/mol. The molecular formula is C19H15ClFN3O4. The number of benzene rings is 2. The minimum Gasteiger partial charge on any atom is -0.449 e. The lowest BCUT2D eigenvalue weighted by Gasteiger charge is -2.12. The van der Waals surface area contributed by atoms with Crippen molar-refractivity contribution < 1.29 is 18.7 Å². The van der Waals surface area contributed by atoms with Crippen LogP contribution in [-0.2, 0) is 14.3 Å². The van der Waals surface area contributed by atoms with E-state index < -0.39 is 23.8 Å². The Kier molecular flexibility index (Phi) is 5.60. The number of esters is 1. The van der Waals surface area contributed by atoms with E-state index in [0.717, 1.165) is 6.08 Å². The van der Waals surface area contributed by atoms with Gasteiger partial charge in [0.05, 0.1) is 16.1 Å². The van der Waals surface area contributed by atoms with E-state index in [2.05, 4.69) is 15.3 Å². The molecule has 0 bridgehead atoms. The normalized spacial score (nSPS) is 12.2. The number of amides is 1. The van der Waals surface area contributed by atoms with Crippen molar-refractivity contribution in [2.45, 2.75) is 13.0 Å². The standard InChI is InChI=1S/C19H15ClFN3O4/c1-10(28-17(25)7-3-11-2-5-14(21)13(20)8-11)18(26)22-12-4-6-15-16(9-12)24-19(27)23-15/h2-10H,1H3,(H,22,26)(H2,23,24,27)/b7-3+/t10-/m1/s1. The van der Waals surface area contributed by atoms with Crippen molar-refractivity contribution in [2.75, 3.05) is 5.32 Å². The maximum atomic E-state index is 13.1. The quantitative estimate of drug-likeness (QED) is 0.449. The predicted octanol–water partition coefficient (Wildman–Crippen LogP) is 3.23. The van der Waals surface area contributed by atoms with Gasteiger partial charge in [-0.2, -0.15) is 0 Å². The Morgan fingerprint density at radius 3 is 2.68 bits per heavy atom. The zero-order valence-corrected chi connectivity index (χ0v) is 15.3. The molecule has 144 valence electrons. The molecule has 3 rings (SSSR count). The Bertz CT molecular complexity index is 1140. The number of rotatable bonds is 5. The number of anilines is 1. The van der Waals surface area contributed by atoms with Gasteiger partial charge in [-0.05, 0) is 48.9 Å². The first-order valence-electron chi connectivity index (χ1n) is 8.18. The Morgan fingerprint density at radius 2 is 1.93 bits per heavy atom. The summed E-state index contributed by atoms with van der Waals surface area (Å²) >= 11 is 5.67. The number of imidazole rings is 1. The van der Waals surface area contributed by atoms with Crippen LogP contribution in [0.1, 0.15) is 12.5 Å². The van der Waals surface area contributed by atoms with Crippen LogP contribution in [0.2, 0.25) is 5.02 Å². The van der Waals surface area contributed by atoms with Gasteiger partial charge >= 0.3 is 11.7 Å². The molecule has 0 unspecified atom stereocenters. The highest BCUT2D eigenvalue weighted by atomic mass is 35.5. The Hall–Kier alpha value is -3.39. The number of hydrogen-bond donors (Lipinski definition) is 3. The SMILES string of the molecule is C[C@@H](OC(=O)/C=C/c1ccc(F)c(Cl)c1)C(=O)Nc1ccc2[nH]c(=O)[nH]c2c1. The molecule has 0 saturated heterocycles. The number of fused-ring (bicyclic) bond motifs is 1. The first-order chi connectivity index (χ1) is 13.3. The lowest BCUT2D eigenvalue weighted by molar-refractivity contribution is -0.148. The smallest absolute Gasteiger partial charge is 0.331 e. The van der Waals surface area contributed by atoms with E-state index >= 15 is 0 Å². The fraction of sp³-hybridized carbons (Fsp3) is 0.105. The van der Waals surface area contributed by atoms with Gasteiger partial charge in [0.2, 0.25) is 0 Å². The van der Waals surface area contributed by atoms with Gasteiger partial charge in [-0.25, -0.2) is 14.0 Å². The summed E-state index contributed by atoms with van der Waals surface area (Å²) in [6.07, 6.45) is 1.45. The van der Waals surface area contributed by atoms with Crippen LogP contribution in [0.4, 0.5) is 10.1 Å². The second-order valence-electron chi connectivity index (χ2n) is 5.91. The van der Waals surface area contributed by atoms with Crippen molar-refractivity contribution >= 4 is 46.3 Å². The van der Waals surface area contributed by atoms with Gasteiger partial charge in [0.15, 0.2) is 6.10 Å². The van der Waals surface area contributed by atoms with Gasteiger partial charge in [0, 0.05) is 11.8 Å². The van der Waals surface area contributed by atoms with Crippen LogP contribution in [0.3, 0.4) is 0 Å². The fourth-order valence-corrected chi connectivity index (χ4v) is 2.59. The molecule has 0 spiro atoms. The van der Waals surface area contributed by atoms with Crippen molar-refractivity contribution in [3.8, 4) is 0 Å². The molecule has 0 fully saturated rings. The third-order valence-corrected chi connectivity index (χ3v) is 4.09. The minimum absolute atomic E-state index is 0.0657. The summed E-state index contributed by atoms with van der Waals surface area (Å²) in [4.78, 5) is 40.5. The van der Waals surface area contributed by atoms with E-state index in [0.29, 0.717) is 22.3 Å². The van der Waals surface area contributed by atoms with Crippen molar-refractivity contribution in [3.05, 3.63) is 69.4 Å². The highest BCUT2D eigenvalue weighted by Gasteiger charge is 2.17. The van der Waals surface area contributed by atoms with Crippen LogP contribution in [-0.4, -0.2) is 27.9 Å². The molecule has 1 heterocycles. The summed E-state index contributed by atoms with van der Waals surface area (Å²) < 4.78 is 18.2. The molecular weight excluding hydrogens is 389 g/mol. The topological polar surface area (TPSA) is 104 Å². The minimum atomic E-state index is -1.06. The van der Waals surface area contributed by atoms with Crippen LogP contribution in [0.5, 0.6) is 0 Å². The Morgan fingerprint density at radius 1 is 1.18 bits per heavy atom. The monoisotopic (exact) mass is 403 g/mol. The second kappa shape index (κ2) is 8.10. The molecule has 0 aliphatic heterocycles. The number of halogens is 2. The van der Waals surface area contributed by atoms with Crippen molar-refractivity contribution in [2.24, 2.45) is 0 Å². The second-order valence-corrected chi connectivity index (χ2v) is 6.32. The fourth-order valence-electron chi connectivity index (χ4n) is 2.40. The maximum absolute atomic E-state index is 13.1. The molecule has 9 heteroatoms. The molecule has 1 amide bonds. The number of hydrogen-bond acceptors (Lipinski definition) is 4. The molecule has 1 aromatic heterocycles. The number of aromatic amines is 2. The molecule has 0 radical (unpaired) electrons. The Labute approximate surface area is 163 Å². The number of H-pyrrole nitrogens is 2. The van der Waals surface area contributed by atoms with E-state index in [1.54, 1.807) is 18.2 Å². The lowest BCUT2D eigenvalue weighted by atomic mass is 10.2. The van der Waals surface area contributed by atoms with Crippen LogP contribution < -0.4 is 11.0 Å². The largest absolute Gasteiger partial charge is 0.449 e. The molecule has 7 nitrogen and oxygen atoms in total. The van der Waals surface area contributed by atoms with Crippen LogP contribution in [0, 0.1) is 5.82 Å². The van der Waals surface area contributed by atoms with Gasteiger partial charge < -0.3 is 20.0 Å². The first-order valence-corrected chi connectivity index (χ1v) is 8.56. The molecule has 3 aromatic rings. The zero-order chi connectivity index (χ0) is 20.3. The number of ether oxygens (including phenoxy) is 1. The van der Waals surface area contributed by atoms with Crippen molar-refractivity contribution in [3.63, 3.8) is 0 Å². The maximum Gasteiger partial charge on any atom is 0.331 e. The van der Waals surface area contributed by atoms with Crippen LogP contribution >= 0.6 is 11.6 Å². The molecule has 0 saturated carbocycles. The third kappa shape index (κ3) is 4.66. The average Bonchev–Trinajstić information content (AvgIpc) is 3.02. The third-order valence-electron chi connectivity index (χ3n) is 3.80. The lowest BCUT2D eigenvalue weighted by Crippen LogP contribution is -2.29. The molecule has 0 aliphatic rings. The summed E-state index contributed by atoms with van der Waals surface area (Å²) in [5.41, 5.74) is 1.73. The highest BCUT2D eigenvalue weighted by molar-refractivity contribution is 6.30.